The predicted octanol–water partition coefficient (Wildman–Crippen LogP) is 2.98. The van der Waals surface area contributed by atoms with E-state index in [0.29, 0.717) is 5.56 Å². The number of anilines is 1. The highest BCUT2D eigenvalue weighted by Gasteiger charge is 2.31. The lowest BCUT2D eigenvalue weighted by atomic mass is 9.85. The number of carbonyl (C=O) groups excluding carboxylic acids is 2. The lowest BCUT2D eigenvalue weighted by Gasteiger charge is -2.28. The Bertz CT molecular complexity index is 1280. The molecule has 0 radical (unpaired) electrons. The fourth-order valence-corrected chi connectivity index (χ4v) is 3.50. The van der Waals surface area contributed by atoms with Crippen molar-refractivity contribution >= 4 is 17.5 Å². The molecule has 2 heterocycles. The summed E-state index contributed by atoms with van der Waals surface area (Å²) >= 11 is 0. The summed E-state index contributed by atoms with van der Waals surface area (Å²) in [6.45, 7) is 0. The summed E-state index contributed by atoms with van der Waals surface area (Å²) in [7, 11) is 1.52. The van der Waals surface area contributed by atoms with Gasteiger partial charge in [0.15, 0.2) is 0 Å². The van der Waals surface area contributed by atoms with Crippen LogP contribution in [0.25, 0.3) is 5.69 Å². The van der Waals surface area contributed by atoms with Crippen LogP contribution in [0.3, 0.4) is 0 Å². The quantitative estimate of drug-likeness (QED) is 0.682. The third kappa shape index (κ3) is 4.18. The Hall–Kier alpha value is -4.14. The van der Waals surface area contributed by atoms with Gasteiger partial charge in [0.25, 0.3) is 11.5 Å². The summed E-state index contributed by atoms with van der Waals surface area (Å²) in [5.41, 5.74) is 0.514. The molecule has 0 saturated carbocycles. The van der Waals surface area contributed by atoms with Crippen LogP contribution in [-0.4, -0.2) is 33.5 Å². The van der Waals surface area contributed by atoms with Crippen LogP contribution >= 0.6 is 0 Å². The molecule has 0 spiro atoms. The van der Waals surface area contributed by atoms with Gasteiger partial charge in [-0.2, -0.15) is 9.78 Å². The maximum Gasteiger partial charge on any atom is 0.271 e. The molecular weight excluding hydrogens is 418 g/mol. The minimum atomic E-state index is -0.703. The molecule has 1 aliphatic rings. The number of benzene rings is 2. The molecular formula is C23H18F2N4O3. The monoisotopic (exact) mass is 436 g/mol. The van der Waals surface area contributed by atoms with Gasteiger partial charge >= 0.3 is 0 Å². The van der Waals surface area contributed by atoms with Gasteiger partial charge in [-0.15, -0.1) is 0 Å². The van der Waals surface area contributed by atoms with E-state index in [0.717, 1.165) is 10.7 Å². The average molecular weight is 436 g/mol. The molecule has 3 aromatic rings. The van der Waals surface area contributed by atoms with E-state index in [1.807, 2.05) is 0 Å². The van der Waals surface area contributed by atoms with E-state index in [1.165, 1.54) is 72.9 Å². The Morgan fingerprint density at radius 3 is 2.56 bits per heavy atom. The number of carbonyl (C=O) groups is 2. The third-order valence-electron chi connectivity index (χ3n) is 5.17. The molecule has 7 nitrogen and oxygen atoms in total. The van der Waals surface area contributed by atoms with Crippen molar-refractivity contribution in [1.82, 2.24) is 14.7 Å². The van der Waals surface area contributed by atoms with Gasteiger partial charge in [0.1, 0.15) is 11.6 Å². The number of aromatic nitrogens is 2. The van der Waals surface area contributed by atoms with Gasteiger partial charge in [-0.3, -0.25) is 14.4 Å². The zero-order chi connectivity index (χ0) is 22.8. The van der Waals surface area contributed by atoms with E-state index >= 15 is 0 Å². The van der Waals surface area contributed by atoms with Crippen molar-refractivity contribution < 1.29 is 18.4 Å². The zero-order valence-electron chi connectivity index (χ0n) is 17.0. The molecule has 162 valence electrons. The Morgan fingerprint density at radius 1 is 1.09 bits per heavy atom. The second kappa shape index (κ2) is 8.54. The second-order valence-electron chi connectivity index (χ2n) is 7.29. The molecule has 1 aliphatic heterocycles. The van der Waals surface area contributed by atoms with Gasteiger partial charge in [0.2, 0.25) is 5.91 Å². The highest BCUT2D eigenvalue weighted by atomic mass is 19.1. The number of hydrogen-bond donors (Lipinski definition) is 1. The molecule has 0 saturated heterocycles. The molecule has 32 heavy (non-hydrogen) atoms. The third-order valence-corrected chi connectivity index (χ3v) is 5.17. The van der Waals surface area contributed by atoms with Gasteiger partial charge in [0.05, 0.1) is 11.4 Å². The first-order chi connectivity index (χ1) is 15.3. The van der Waals surface area contributed by atoms with Crippen molar-refractivity contribution in [3.63, 3.8) is 0 Å². The van der Waals surface area contributed by atoms with Crippen LogP contribution in [-0.2, 0) is 9.59 Å². The number of rotatable bonds is 4. The van der Waals surface area contributed by atoms with Crippen LogP contribution in [0.4, 0.5) is 14.5 Å². The van der Waals surface area contributed by atoms with E-state index < -0.39 is 29.0 Å². The maximum atomic E-state index is 14.5. The smallest absolute Gasteiger partial charge is 0.271 e. The number of hydrogen-bond acceptors (Lipinski definition) is 4. The molecule has 4 rings (SSSR count). The van der Waals surface area contributed by atoms with E-state index in [-0.39, 0.29) is 29.3 Å². The first-order valence-corrected chi connectivity index (χ1v) is 9.72. The standard InChI is InChI=1S/C23H18F2N4O3/c1-28-13-18(17(12-22(28)31)14-4-6-15(24)7-5-14)23(32)27-20-11-16(8-9-19(20)25)29-21(30)3-2-10-26-29/h2-11,13,17H,12H2,1H3,(H,27,32). The van der Waals surface area contributed by atoms with Crippen LogP contribution in [0.1, 0.15) is 17.9 Å². The first-order valence-electron chi connectivity index (χ1n) is 9.72. The molecule has 2 aromatic carbocycles. The molecule has 1 aromatic heterocycles. The van der Waals surface area contributed by atoms with Crippen LogP contribution in [0.2, 0.25) is 0 Å². The van der Waals surface area contributed by atoms with Crippen LogP contribution in [0.5, 0.6) is 0 Å². The highest BCUT2D eigenvalue weighted by molar-refractivity contribution is 6.06. The molecule has 0 fully saturated rings. The normalized spacial score (nSPS) is 16.0. The zero-order valence-corrected chi connectivity index (χ0v) is 17.0. The fraction of sp³-hybridized carbons (Fsp3) is 0.130. The van der Waals surface area contributed by atoms with Crippen molar-refractivity contribution in [2.24, 2.45) is 0 Å². The van der Waals surface area contributed by atoms with E-state index in [1.54, 1.807) is 0 Å². The molecule has 0 aliphatic carbocycles. The molecule has 1 N–H and O–H groups in total. The minimum absolute atomic E-state index is 0.00718. The lowest BCUT2D eigenvalue weighted by Crippen LogP contribution is -2.33. The number of halogens is 2. The number of nitrogens with one attached hydrogen (secondary N) is 1. The topological polar surface area (TPSA) is 84.3 Å². The highest BCUT2D eigenvalue weighted by Crippen LogP contribution is 2.33. The van der Waals surface area contributed by atoms with Gasteiger partial charge in [0, 0.05) is 43.4 Å². The van der Waals surface area contributed by atoms with Crippen LogP contribution < -0.4 is 10.9 Å². The van der Waals surface area contributed by atoms with E-state index in [4.69, 9.17) is 0 Å². The molecule has 2 amide bonds. The molecule has 1 unspecified atom stereocenters. The van der Waals surface area contributed by atoms with E-state index in [9.17, 15) is 23.2 Å². The fourth-order valence-electron chi connectivity index (χ4n) is 3.50. The van der Waals surface area contributed by atoms with Gasteiger partial charge in [-0.05, 0) is 42.0 Å². The van der Waals surface area contributed by atoms with Crippen molar-refractivity contribution in [3.05, 3.63) is 100 Å². The summed E-state index contributed by atoms with van der Waals surface area (Å²) in [5, 5.41) is 6.47. The van der Waals surface area contributed by atoms with Crippen molar-refractivity contribution in [1.29, 1.82) is 0 Å². The summed E-state index contributed by atoms with van der Waals surface area (Å²) in [6, 6.07) is 12.1. The average Bonchev–Trinajstić information content (AvgIpc) is 2.78. The van der Waals surface area contributed by atoms with Crippen LogP contribution in [0, 0.1) is 11.6 Å². The van der Waals surface area contributed by atoms with Crippen molar-refractivity contribution in [3.8, 4) is 5.69 Å². The Labute approximate surface area is 181 Å². The van der Waals surface area contributed by atoms with Gasteiger partial charge in [-0.25, -0.2) is 8.78 Å². The Morgan fingerprint density at radius 2 is 1.84 bits per heavy atom. The summed E-state index contributed by atoms with van der Waals surface area (Å²) in [4.78, 5) is 38.6. The second-order valence-corrected chi connectivity index (χ2v) is 7.29. The maximum absolute atomic E-state index is 14.5. The molecule has 9 heteroatoms. The van der Waals surface area contributed by atoms with Gasteiger partial charge < -0.3 is 10.2 Å². The summed E-state index contributed by atoms with van der Waals surface area (Å²) in [5.74, 6) is -2.59. The Balaban J connectivity index is 1.67. The summed E-state index contributed by atoms with van der Waals surface area (Å²) in [6.07, 6.45) is 2.81. The van der Waals surface area contributed by atoms with Crippen molar-refractivity contribution in [2.45, 2.75) is 12.3 Å². The molecule has 0 bridgehead atoms. The first kappa shape index (κ1) is 21.1. The number of amides is 2. The predicted molar refractivity (Wildman–Crippen MR) is 113 cm³/mol. The van der Waals surface area contributed by atoms with E-state index in [2.05, 4.69) is 10.4 Å². The SMILES string of the molecule is CN1C=C(C(=O)Nc2cc(-n3ncccc3=O)ccc2F)C(c2ccc(F)cc2)CC1=O. The molecule has 1 atom stereocenters. The van der Waals surface area contributed by atoms with Gasteiger partial charge in [-0.1, -0.05) is 12.1 Å². The summed E-state index contributed by atoms with van der Waals surface area (Å²) < 4.78 is 28.9. The minimum Gasteiger partial charge on any atom is -0.322 e. The van der Waals surface area contributed by atoms with Crippen molar-refractivity contribution in [2.75, 3.05) is 12.4 Å². The number of nitrogens with zero attached hydrogens (tertiary/aromatic N) is 3. The van der Waals surface area contributed by atoms with Crippen LogP contribution in [0.15, 0.2) is 77.4 Å². The Kier molecular flexibility index (Phi) is 5.63. The largest absolute Gasteiger partial charge is 0.322 e. The lowest BCUT2D eigenvalue weighted by molar-refractivity contribution is -0.128.